The van der Waals surface area contributed by atoms with E-state index in [0.717, 1.165) is 0 Å². The topological polar surface area (TPSA) is 64.3 Å². The Labute approximate surface area is 120 Å². The number of amides is 1. The third-order valence-electron chi connectivity index (χ3n) is 2.27. The molecule has 114 valence electrons. The fraction of sp³-hybridized carbons (Fsp3) is 0.357. The third-order valence-corrected chi connectivity index (χ3v) is 2.27. The normalized spacial score (nSPS) is 10.7. The monoisotopic (exact) mass is 300 g/mol. The van der Waals surface area contributed by atoms with Crippen LogP contribution in [0.5, 0.6) is 0 Å². The maximum atomic E-state index is 11.8. The summed E-state index contributed by atoms with van der Waals surface area (Å²) in [4.78, 5) is 11.6. The summed E-state index contributed by atoms with van der Waals surface area (Å²) in [7, 11) is 0. The van der Waals surface area contributed by atoms with Gasteiger partial charge in [0.15, 0.2) is 0 Å². The predicted octanol–water partition coefficient (Wildman–Crippen LogP) is 1.90. The summed E-state index contributed by atoms with van der Waals surface area (Å²) in [6, 6.07) is 6.82. The molecule has 0 atom stereocenters. The minimum atomic E-state index is -4.39. The van der Waals surface area contributed by atoms with E-state index in [4.69, 9.17) is 5.73 Å². The highest BCUT2D eigenvalue weighted by Gasteiger charge is 2.27. The molecule has 0 aromatic heterocycles. The maximum absolute atomic E-state index is 11.8. The highest BCUT2D eigenvalue weighted by atomic mass is 19.4. The molecule has 4 nitrogen and oxygen atoms in total. The zero-order chi connectivity index (χ0) is 15.7. The van der Waals surface area contributed by atoms with Crippen LogP contribution in [0.1, 0.15) is 12.0 Å². The summed E-state index contributed by atoms with van der Waals surface area (Å²) in [6.07, 6.45) is -4.56. The van der Waals surface area contributed by atoms with Crippen LogP contribution in [0.15, 0.2) is 24.3 Å². The number of alkyl halides is 3. The molecule has 0 bridgehead atoms. The number of nitrogens with two attached hydrogens (primary N) is 1. The van der Waals surface area contributed by atoms with Crippen LogP contribution in [0.25, 0.3) is 0 Å². The number of anilines is 1. The molecule has 0 aliphatic heterocycles. The summed E-state index contributed by atoms with van der Waals surface area (Å²) in [5.41, 5.74) is 6.35. The van der Waals surface area contributed by atoms with Crippen molar-refractivity contribution >= 4 is 11.6 Å². The molecule has 0 spiro atoms. The van der Waals surface area contributed by atoms with Gasteiger partial charge in [0.1, 0.15) is 6.61 Å². The average Bonchev–Trinajstić information content (AvgIpc) is 2.42. The number of benzene rings is 1. The van der Waals surface area contributed by atoms with Gasteiger partial charge in [0.2, 0.25) is 5.91 Å². The molecular formula is C14H15F3N2O2. The molecule has 0 saturated heterocycles. The van der Waals surface area contributed by atoms with Crippen LogP contribution in [0.2, 0.25) is 0 Å². The first-order chi connectivity index (χ1) is 9.92. The van der Waals surface area contributed by atoms with Crippen LogP contribution < -0.4 is 11.1 Å². The van der Waals surface area contributed by atoms with Gasteiger partial charge in [-0.2, -0.15) is 13.2 Å². The number of hydrogen-bond donors (Lipinski definition) is 2. The second kappa shape index (κ2) is 8.29. The van der Waals surface area contributed by atoms with Crippen LogP contribution >= 0.6 is 0 Å². The summed E-state index contributed by atoms with van der Waals surface area (Å²) in [5.74, 6) is 5.01. The van der Waals surface area contributed by atoms with Crippen LogP contribution in [0.3, 0.4) is 0 Å². The summed E-state index contributed by atoms with van der Waals surface area (Å²) in [6.45, 7) is -1.48. The van der Waals surface area contributed by atoms with Crippen molar-refractivity contribution in [3.8, 4) is 11.8 Å². The van der Waals surface area contributed by atoms with E-state index in [1.807, 2.05) is 0 Å². The minimum absolute atomic E-state index is 0.172. The first-order valence-electron chi connectivity index (χ1n) is 6.14. The van der Waals surface area contributed by atoms with Crippen molar-refractivity contribution in [3.05, 3.63) is 29.8 Å². The van der Waals surface area contributed by atoms with E-state index in [2.05, 4.69) is 21.9 Å². The van der Waals surface area contributed by atoms with Crippen molar-refractivity contribution in [2.75, 3.05) is 25.1 Å². The Morgan fingerprint density at radius 1 is 1.33 bits per heavy atom. The number of carbonyl (C=O) groups is 1. The maximum Gasteiger partial charge on any atom is 0.411 e. The Morgan fingerprint density at radius 3 is 2.71 bits per heavy atom. The molecule has 1 aromatic carbocycles. The van der Waals surface area contributed by atoms with E-state index in [1.165, 1.54) is 0 Å². The zero-order valence-corrected chi connectivity index (χ0v) is 11.2. The number of nitrogens with one attached hydrogen (secondary N) is 1. The Morgan fingerprint density at radius 2 is 2.05 bits per heavy atom. The lowest BCUT2D eigenvalue weighted by molar-refractivity contribution is -0.174. The Bertz CT molecular complexity index is 533. The lowest BCUT2D eigenvalue weighted by Crippen LogP contribution is -2.20. The minimum Gasteiger partial charge on any atom is -0.372 e. The molecule has 0 aliphatic rings. The van der Waals surface area contributed by atoms with Gasteiger partial charge < -0.3 is 15.8 Å². The van der Waals surface area contributed by atoms with Gasteiger partial charge in [0.25, 0.3) is 0 Å². The van der Waals surface area contributed by atoms with Crippen LogP contribution in [0.4, 0.5) is 18.9 Å². The highest BCUT2D eigenvalue weighted by Crippen LogP contribution is 2.15. The fourth-order valence-electron chi connectivity index (χ4n) is 1.41. The summed E-state index contributed by atoms with van der Waals surface area (Å²) < 4.78 is 39.9. The van der Waals surface area contributed by atoms with Gasteiger partial charge >= 0.3 is 6.18 Å². The van der Waals surface area contributed by atoms with Crippen LogP contribution in [-0.2, 0) is 9.53 Å². The second-order valence-electron chi connectivity index (χ2n) is 4.02. The quantitative estimate of drug-likeness (QED) is 0.645. The van der Waals surface area contributed by atoms with E-state index in [1.54, 1.807) is 24.3 Å². The molecule has 1 rings (SSSR count). The fourth-order valence-corrected chi connectivity index (χ4v) is 1.41. The molecule has 0 heterocycles. The molecule has 0 aliphatic carbocycles. The van der Waals surface area contributed by atoms with Crippen molar-refractivity contribution in [1.82, 2.24) is 0 Å². The van der Waals surface area contributed by atoms with Crippen LogP contribution in [-0.4, -0.2) is 31.8 Å². The molecule has 0 radical (unpaired) electrons. The van der Waals surface area contributed by atoms with Gasteiger partial charge in [-0.15, -0.1) is 0 Å². The van der Waals surface area contributed by atoms with Gasteiger partial charge in [0, 0.05) is 5.56 Å². The number of para-hydroxylation sites is 1. The lowest BCUT2D eigenvalue weighted by Gasteiger charge is -2.09. The van der Waals surface area contributed by atoms with Gasteiger partial charge in [-0.1, -0.05) is 24.0 Å². The van der Waals surface area contributed by atoms with E-state index >= 15 is 0 Å². The number of rotatable bonds is 5. The molecule has 0 unspecified atom stereocenters. The second-order valence-corrected chi connectivity index (χ2v) is 4.02. The Hall–Kier alpha value is -2.04. The summed E-state index contributed by atoms with van der Waals surface area (Å²) >= 11 is 0. The summed E-state index contributed by atoms with van der Waals surface area (Å²) in [5, 5.41) is 2.57. The highest BCUT2D eigenvalue weighted by molar-refractivity contribution is 5.92. The van der Waals surface area contributed by atoms with Crippen molar-refractivity contribution in [3.63, 3.8) is 0 Å². The number of hydrogen-bond acceptors (Lipinski definition) is 3. The van der Waals surface area contributed by atoms with E-state index in [9.17, 15) is 18.0 Å². The molecule has 21 heavy (non-hydrogen) atoms. The SMILES string of the molecule is NCC#Cc1ccccc1NC(=O)CCOCC(F)(F)F. The van der Waals surface area contributed by atoms with Gasteiger partial charge in [-0.05, 0) is 12.1 Å². The zero-order valence-electron chi connectivity index (χ0n) is 11.2. The van der Waals surface area contributed by atoms with Crippen molar-refractivity contribution in [2.45, 2.75) is 12.6 Å². The Kier molecular flexibility index (Phi) is 6.72. The molecular weight excluding hydrogens is 285 g/mol. The van der Waals surface area contributed by atoms with Gasteiger partial charge in [-0.25, -0.2) is 0 Å². The molecule has 0 saturated carbocycles. The van der Waals surface area contributed by atoms with Crippen molar-refractivity contribution < 1.29 is 22.7 Å². The van der Waals surface area contributed by atoms with Gasteiger partial charge in [-0.3, -0.25) is 4.79 Å². The van der Waals surface area contributed by atoms with E-state index in [-0.39, 0.29) is 19.6 Å². The Balaban J connectivity index is 2.48. The number of carbonyl (C=O) groups excluding carboxylic acids is 1. The van der Waals surface area contributed by atoms with Crippen molar-refractivity contribution in [2.24, 2.45) is 5.73 Å². The largest absolute Gasteiger partial charge is 0.411 e. The molecule has 1 aromatic rings. The van der Waals surface area contributed by atoms with E-state index in [0.29, 0.717) is 11.3 Å². The van der Waals surface area contributed by atoms with Crippen LogP contribution in [0, 0.1) is 11.8 Å². The standard InChI is InChI=1S/C14H15F3N2O2/c15-14(16,17)10-21-9-7-13(20)19-12-6-2-1-4-11(12)5-3-8-18/h1-2,4,6H,7-10,18H2,(H,19,20). The number of ether oxygens (including phenoxy) is 1. The molecule has 3 N–H and O–H groups in total. The first-order valence-corrected chi connectivity index (χ1v) is 6.14. The third kappa shape index (κ3) is 7.34. The van der Waals surface area contributed by atoms with E-state index < -0.39 is 18.7 Å². The molecule has 1 amide bonds. The average molecular weight is 300 g/mol. The smallest absolute Gasteiger partial charge is 0.372 e. The first kappa shape index (κ1) is 17.0. The predicted molar refractivity (Wildman–Crippen MR) is 72.5 cm³/mol. The van der Waals surface area contributed by atoms with Crippen molar-refractivity contribution in [1.29, 1.82) is 0 Å². The number of halogens is 3. The molecule has 0 fully saturated rings. The molecule has 7 heteroatoms. The van der Waals surface area contributed by atoms with Gasteiger partial charge in [0.05, 0.1) is 25.3 Å². The lowest BCUT2D eigenvalue weighted by atomic mass is 10.2.